The van der Waals surface area contributed by atoms with E-state index in [2.05, 4.69) is 17.5 Å². The van der Waals surface area contributed by atoms with Gasteiger partial charge in [-0.05, 0) is 31.6 Å². The summed E-state index contributed by atoms with van der Waals surface area (Å²) in [6.45, 7) is 0. The van der Waals surface area contributed by atoms with Crippen LogP contribution in [0.15, 0.2) is 12.2 Å². The van der Waals surface area contributed by atoms with Crippen LogP contribution in [-0.4, -0.2) is 11.9 Å². The summed E-state index contributed by atoms with van der Waals surface area (Å²) >= 11 is 0. The molecule has 2 heteroatoms. The Morgan fingerprint density at radius 1 is 1.42 bits per heavy atom. The van der Waals surface area contributed by atoms with Gasteiger partial charge in [-0.2, -0.15) is 0 Å². The van der Waals surface area contributed by atoms with Crippen molar-refractivity contribution in [3.05, 3.63) is 12.2 Å². The van der Waals surface area contributed by atoms with E-state index in [1.165, 1.54) is 12.8 Å². The van der Waals surface area contributed by atoms with Gasteiger partial charge >= 0.3 is 0 Å². The van der Waals surface area contributed by atoms with Gasteiger partial charge in [0.25, 0.3) is 0 Å². The highest BCUT2D eigenvalue weighted by Crippen LogP contribution is 2.22. The van der Waals surface area contributed by atoms with Gasteiger partial charge in [0.1, 0.15) is 0 Å². The number of rotatable bonds is 3. The summed E-state index contributed by atoms with van der Waals surface area (Å²) in [5.74, 6) is 0.762. The molecule has 0 aliphatic heterocycles. The number of amides is 1. The van der Waals surface area contributed by atoms with E-state index in [1.807, 2.05) is 0 Å². The van der Waals surface area contributed by atoms with E-state index in [0.717, 1.165) is 12.8 Å². The van der Waals surface area contributed by atoms with E-state index in [9.17, 15) is 4.79 Å². The van der Waals surface area contributed by atoms with Crippen LogP contribution in [0.4, 0.5) is 0 Å². The molecule has 0 radical (unpaired) electrons. The molecule has 1 amide bonds. The largest absolute Gasteiger partial charge is 0.353 e. The Kier molecular flexibility index (Phi) is 2.15. The standard InChI is InChI=1S/C10H15NO/c12-10(11-9-5-6-9)7-8-3-1-2-4-8/h1,3,8-9H,2,4-7H2,(H,11,12). The van der Waals surface area contributed by atoms with Gasteiger partial charge in [-0.3, -0.25) is 4.79 Å². The maximum absolute atomic E-state index is 11.3. The Morgan fingerprint density at radius 3 is 2.83 bits per heavy atom. The van der Waals surface area contributed by atoms with Gasteiger partial charge in [0, 0.05) is 12.5 Å². The van der Waals surface area contributed by atoms with Crippen LogP contribution in [0.1, 0.15) is 32.1 Å². The minimum atomic E-state index is 0.244. The molecule has 0 bridgehead atoms. The Bertz CT molecular complexity index is 206. The van der Waals surface area contributed by atoms with E-state index in [1.54, 1.807) is 0 Å². The topological polar surface area (TPSA) is 29.1 Å². The summed E-state index contributed by atoms with van der Waals surface area (Å²) in [4.78, 5) is 11.3. The predicted octanol–water partition coefficient (Wildman–Crippen LogP) is 1.62. The lowest BCUT2D eigenvalue weighted by Gasteiger charge is -2.06. The number of carbonyl (C=O) groups excluding carboxylic acids is 1. The van der Waals surface area contributed by atoms with Crippen LogP contribution >= 0.6 is 0 Å². The third kappa shape index (κ3) is 2.10. The average molecular weight is 165 g/mol. The van der Waals surface area contributed by atoms with Gasteiger partial charge in [0.15, 0.2) is 0 Å². The molecule has 2 rings (SSSR count). The molecule has 2 nitrogen and oxygen atoms in total. The van der Waals surface area contributed by atoms with Crippen molar-refractivity contribution in [1.29, 1.82) is 0 Å². The van der Waals surface area contributed by atoms with Crippen molar-refractivity contribution in [2.45, 2.75) is 38.1 Å². The first-order chi connectivity index (χ1) is 5.84. The zero-order valence-electron chi connectivity index (χ0n) is 7.25. The normalized spacial score (nSPS) is 27.5. The summed E-state index contributed by atoms with van der Waals surface area (Å²) in [5, 5.41) is 3.01. The highest BCUT2D eigenvalue weighted by Gasteiger charge is 2.24. The highest BCUT2D eigenvalue weighted by molar-refractivity contribution is 5.77. The number of nitrogens with one attached hydrogen (secondary N) is 1. The Hall–Kier alpha value is -0.790. The minimum Gasteiger partial charge on any atom is -0.353 e. The van der Waals surface area contributed by atoms with Crippen LogP contribution in [0.3, 0.4) is 0 Å². The first-order valence-electron chi connectivity index (χ1n) is 4.80. The van der Waals surface area contributed by atoms with Crippen LogP contribution in [0.2, 0.25) is 0 Å². The molecular formula is C10H15NO. The van der Waals surface area contributed by atoms with Crippen LogP contribution in [0.5, 0.6) is 0 Å². The maximum Gasteiger partial charge on any atom is 0.220 e. The smallest absolute Gasteiger partial charge is 0.220 e. The minimum absolute atomic E-state index is 0.244. The first kappa shape index (κ1) is 7.84. The van der Waals surface area contributed by atoms with Crippen LogP contribution < -0.4 is 5.32 Å². The molecule has 12 heavy (non-hydrogen) atoms. The van der Waals surface area contributed by atoms with E-state index < -0.39 is 0 Å². The van der Waals surface area contributed by atoms with Crippen molar-refractivity contribution in [3.8, 4) is 0 Å². The molecule has 1 saturated carbocycles. The van der Waals surface area contributed by atoms with Crippen molar-refractivity contribution < 1.29 is 4.79 Å². The van der Waals surface area contributed by atoms with Crippen LogP contribution in [0, 0.1) is 5.92 Å². The molecule has 66 valence electrons. The Labute approximate surface area is 73.0 Å². The number of hydrogen-bond acceptors (Lipinski definition) is 1. The van der Waals surface area contributed by atoms with Gasteiger partial charge in [-0.15, -0.1) is 0 Å². The summed E-state index contributed by atoms with van der Waals surface area (Å²) in [6.07, 6.45) is 9.74. The summed E-state index contributed by atoms with van der Waals surface area (Å²) in [7, 11) is 0. The number of allylic oxidation sites excluding steroid dienone is 2. The molecule has 0 heterocycles. The fourth-order valence-electron chi connectivity index (χ4n) is 1.62. The maximum atomic E-state index is 11.3. The molecule has 1 N–H and O–H groups in total. The molecule has 0 aromatic rings. The summed E-state index contributed by atoms with van der Waals surface area (Å²) in [6, 6.07) is 0.517. The third-order valence-electron chi connectivity index (χ3n) is 2.50. The molecule has 0 spiro atoms. The molecule has 1 unspecified atom stereocenters. The first-order valence-corrected chi connectivity index (χ1v) is 4.80. The average Bonchev–Trinajstić information content (AvgIpc) is 2.66. The van der Waals surface area contributed by atoms with Crippen molar-refractivity contribution in [1.82, 2.24) is 5.32 Å². The molecule has 2 aliphatic carbocycles. The van der Waals surface area contributed by atoms with Crippen LogP contribution in [-0.2, 0) is 4.79 Å². The highest BCUT2D eigenvalue weighted by atomic mass is 16.1. The van der Waals surface area contributed by atoms with Gasteiger partial charge < -0.3 is 5.32 Å². The second kappa shape index (κ2) is 3.30. The van der Waals surface area contributed by atoms with E-state index in [4.69, 9.17) is 0 Å². The monoisotopic (exact) mass is 165 g/mol. The molecule has 1 atom stereocenters. The Balaban J connectivity index is 1.70. The second-order valence-electron chi connectivity index (χ2n) is 3.81. The molecule has 0 aromatic heterocycles. The van der Waals surface area contributed by atoms with Gasteiger partial charge in [-0.25, -0.2) is 0 Å². The molecule has 1 fully saturated rings. The van der Waals surface area contributed by atoms with Crippen LogP contribution in [0.25, 0.3) is 0 Å². The fourth-order valence-corrected chi connectivity index (χ4v) is 1.62. The third-order valence-corrected chi connectivity index (χ3v) is 2.50. The van der Waals surface area contributed by atoms with E-state index in [-0.39, 0.29) is 5.91 Å². The molecule has 0 aromatic carbocycles. The van der Waals surface area contributed by atoms with Gasteiger partial charge in [0.05, 0.1) is 0 Å². The van der Waals surface area contributed by atoms with Crippen molar-refractivity contribution >= 4 is 5.91 Å². The zero-order valence-corrected chi connectivity index (χ0v) is 7.25. The SMILES string of the molecule is O=C(CC1C=CCC1)NC1CC1. The lowest BCUT2D eigenvalue weighted by molar-refractivity contribution is -0.121. The van der Waals surface area contributed by atoms with E-state index >= 15 is 0 Å². The summed E-state index contributed by atoms with van der Waals surface area (Å²) < 4.78 is 0. The fraction of sp³-hybridized carbons (Fsp3) is 0.700. The molecule has 2 aliphatic rings. The molecule has 0 saturated heterocycles. The van der Waals surface area contributed by atoms with Gasteiger partial charge in [0.2, 0.25) is 5.91 Å². The van der Waals surface area contributed by atoms with Crippen molar-refractivity contribution in [3.63, 3.8) is 0 Å². The number of hydrogen-bond donors (Lipinski definition) is 1. The molecular weight excluding hydrogens is 150 g/mol. The lowest BCUT2D eigenvalue weighted by atomic mass is 10.1. The number of carbonyl (C=O) groups is 1. The Morgan fingerprint density at radius 2 is 2.25 bits per heavy atom. The van der Waals surface area contributed by atoms with Crippen molar-refractivity contribution in [2.75, 3.05) is 0 Å². The quantitative estimate of drug-likeness (QED) is 0.633. The zero-order chi connectivity index (χ0) is 8.39. The second-order valence-corrected chi connectivity index (χ2v) is 3.81. The van der Waals surface area contributed by atoms with Crippen molar-refractivity contribution in [2.24, 2.45) is 5.92 Å². The van der Waals surface area contributed by atoms with Gasteiger partial charge in [-0.1, -0.05) is 12.2 Å². The summed E-state index contributed by atoms with van der Waals surface area (Å²) in [5.41, 5.74) is 0. The lowest BCUT2D eigenvalue weighted by Crippen LogP contribution is -2.26. The predicted molar refractivity (Wildman–Crippen MR) is 47.6 cm³/mol. The van der Waals surface area contributed by atoms with E-state index in [0.29, 0.717) is 18.4 Å².